The molecule has 1 amide bonds. The summed E-state index contributed by atoms with van der Waals surface area (Å²) < 4.78 is 32.4. The lowest BCUT2D eigenvalue weighted by molar-refractivity contribution is -0.142. The molecular formula is C19H20ClF2N3O3. The van der Waals surface area contributed by atoms with E-state index in [0.29, 0.717) is 28.9 Å². The average Bonchev–Trinajstić information content (AvgIpc) is 2.87. The van der Waals surface area contributed by atoms with Crippen molar-refractivity contribution >= 4 is 35.2 Å². The molecule has 2 rings (SSSR count). The minimum atomic E-state index is -1.09. The van der Waals surface area contributed by atoms with Gasteiger partial charge in [0.05, 0.1) is 5.69 Å². The monoisotopic (exact) mass is 411 g/mol. The number of halogens is 3. The maximum atomic E-state index is 13.1. The number of carbonyl (C=O) groups is 2. The van der Waals surface area contributed by atoms with Crippen LogP contribution in [0.3, 0.4) is 0 Å². The van der Waals surface area contributed by atoms with Gasteiger partial charge in [0.25, 0.3) is 5.91 Å². The van der Waals surface area contributed by atoms with E-state index in [2.05, 4.69) is 10.4 Å². The molecule has 0 aliphatic carbocycles. The molecule has 1 heterocycles. The van der Waals surface area contributed by atoms with E-state index in [0.717, 1.165) is 18.2 Å². The normalized spacial score (nSPS) is 11.2. The van der Waals surface area contributed by atoms with Gasteiger partial charge < -0.3 is 10.1 Å². The van der Waals surface area contributed by atoms with Gasteiger partial charge in [0.15, 0.2) is 18.2 Å². The highest BCUT2D eigenvalue weighted by Crippen LogP contribution is 2.22. The number of aromatic nitrogens is 2. The number of benzene rings is 1. The minimum Gasteiger partial charge on any atom is -0.452 e. The number of anilines is 1. The lowest BCUT2D eigenvalue weighted by Crippen LogP contribution is -2.20. The van der Waals surface area contributed by atoms with E-state index in [1.54, 1.807) is 11.6 Å². The van der Waals surface area contributed by atoms with Crippen molar-refractivity contribution in [2.75, 3.05) is 11.9 Å². The van der Waals surface area contributed by atoms with Gasteiger partial charge in [0.2, 0.25) is 0 Å². The molecule has 1 N–H and O–H groups in total. The van der Waals surface area contributed by atoms with E-state index in [1.165, 1.54) is 12.1 Å². The zero-order valence-electron chi connectivity index (χ0n) is 15.6. The molecule has 0 atom stereocenters. The van der Waals surface area contributed by atoms with Gasteiger partial charge >= 0.3 is 5.97 Å². The quantitative estimate of drug-likeness (QED) is 0.552. The predicted octanol–water partition coefficient (Wildman–Crippen LogP) is 3.97. The number of aryl methyl sites for hydroxylation is 1. The SMILES string of the molecule is Cc1nn(CC(C)C)c(Cl)c1/C=C/C(=O)OCC(=O)Nc1ccc(F)c(F)c1. The van der Waals surface area contributed by atoms with Crippen molar-refractivity contribution < 1.29 is 23.1 Å². The molecule has 6 nitrogen and oxygen atoms in total. The Hall–Kier alpha value is -2.74. The second kappa shape index (κ2) is 9.45. The summed E-state index contributed by atoms with van der Waals surface area (Å²) in [5.41, 5.74) is 1.30. The number of nitrogens with one attached hydrogen (secondary N) is 1. The number of hydrogen-bond donors (Lipinski definition) is 1. The van der Waals surface area contributed by atoms with E-state index < -0.39 is 30.1 Å². The van der Waals surface area contributed by atoms with Crippen LogP contribution in [0.5, 0.6) is 0 Å². The van der Waals surface area contributed by atoms with E-state index >= 15 is 0 Å². The Morgan fingerprint density at radius 2 is 2.04 bits per heavy atom. The summed E-state index contributed by atoms with van der Waals surface area (Å²) >= 11 is 6.27. The highest BCUT2D eigenvalue weighted by molar-refractivity contribution is 6.31. The van der Waals surface area contributed by atoms with E-state index in [9.17, 15) is 18.4 Å². The summed E-state index contributed by atoms with van der Waals surface area (Å²) in [5, 5.41) is 7.03. The molecular weight excluding hydrogens is 392 g/mol. The van der Waals surface area contributed by atoms with Crippen molar-refractivity contribution in [3.05, 3.63) is 52.3 Å². The topological polar surface area (TPSA) is 73.2 Å². The van der Waals surface area contributed by atoms with Crippen LogP contribution in [0.25, 0.3) is 6.08 Å². The van der Waals surface area contributed by atoms with Gasteiger partial charge in [-0.1, -0.05) is 25.4 Å². The first kappa shape index (κ1) is 21.6. The maximum Gasteiger partial charge on any atom is 0.331 e. The van der Waals surface area contributed by atoms with Gasteiger partial charge in [-0.25, -0.2) is 13.6 Å². The van der Waals surface area contributed by atoms with Crippen molar-refractivity contribution in [1.82, 2.24) is 9.78 Å². The van der Waals surface area contributed by atoms with Crippen molar-refractivity contribution in [3.8, 4) is 0 Å². The number of rotatable bonds is 7. The van der Waals surface area contributed by atoms with Gasteiger partial charge in [0, 0.05) is 29.9 Å². The van der Waals surface area contributed by atoms with Crippen molar-refractivity contribution in [1.29, 1.82) is 0 Å². The molecule has 0 spiro atoms. The fraction of sp³-hybridized carbons (Fsp3) is 0.316. The second-order valence-electron chi connectivity index (χ2n) is 6.48. The molecule has 0 unspecified atom stereocenters. The van der Waals surface area contributed by atoms with Gasteiger partial charge in [-0.05, 0) is 31.1 Å². The van der Waals surface area contributed by atoms with Crippen molar-refractivity contribution in [3.63, 3.8) is 0 Å². The Morgan fingerprint density at radius 1 is 1.32 bits per heavy atom. The number of ether oxygens (including phenoxy) is 1. The molecule has 9 heteroatoms. The number of carbonyl (C=O) groups excluding carboxylic acids is 2. The lowest BCUT2D eigenvalue weighted by Gasteiger charge is -2.06. The molecule has 150 valence electrons. The molecule has 0 saturated heterocycles. The lowest BCUT2D eigenvalue weighted by atomic mass is 10.2. The standard InChI is InChI=1S/C19H20ClF2N3O3/c1-11(2)9-25-19(20)14(12(3)24-25)5-7-18(27)28-10-17(26)23-13-4-6-15(21)16(22)8-13/h4-8,11H,9-10H2,1-3H3,(H,23,26)/b7-5+. The third kappa shape index (κ3) is 5.88. The Balaban J connectivity index is 1.90. The third-order valence-electron chi connectivity index (χ3n) is 3.58. The van der Waals surface area contributed by atoms with Crippen LogP contribution in [0.2, 0.25) is 5.15 Å². The summed E-state index contributed by atoms with van der Waals surface area (Å²) in [6.07, 6.45) is 2.61. The van der Waals surface area contributed by atoms with Crippen LogP contribution in [-0.4, -0.2) is 28.3 Å². The molecule has 0 fully saturated rings. The van der Waals surface area contributed by atoms with Crippen LogP contribution < -0.4 is 5.32 Å². The first-order valence-corrected chi connectivity index (χ1v) is 8.87. The number of nitrogens with zero attached hydrogens (tertiary/aromatic N) is 2. The van der Waals surface area contributed by atoms with Crippen LogP contribution in [0.15, 0.2) is 24.3 Å². The van der Waals surface area contributed by atoms with Crippen LogP contribution in [-0.2, 0) is 20.9 Å². The smallest absolute Gasteiger partial charge is 0.331 e. The zero-order chi connectivity index (χ0) is 20.8. The fourth-order valence-electron chi connectivity index (χ4n) is 2.33. The Labute approximate surface area is 166 Å². The molecule has 1 aromatic carbocycles. The van der Waals surface area contributed by atoms with Gasteiger partial charge in [-0.15, -0.1) is 0 Å². The zero-order valence-corrected chi connectivity index (χ0v) is 16.4. The predicted molar refractivity (Wildman–Crippen MR) is 102 cm³/mol. The Bertz CT molecular complexity index is 910. The highest BCUT2D eigenvalue weighted by Gasteiger charge is 2.13. The summed E-state index contributed by atoms with van der Waals surface area (Å²) in [4.78, 5) is 23.5. The molecule has 0 saturated carbocycles. The molecule has 2 aromatic rings. The number of amides is 1. The average molecular weight is 412 g/mol. The molecule has 0 aliphatic heterocycles. The Kier molecular flexibility index (Phi) is 7.28. The van der Waals surface area contributed by atoms with Gasteiger partial charge in [-0.2, -0.15) is 5.10 Å². The van der Waals surface area contributed by atoms with E-state index in [-0.39, 0.29) is 5.69 Å². The molecule has 0 aliphatic rings. The fourth-order valence-corrected chi connectivity index (χ4v) is 2.64. The molecule has 0 radical (unpaired) electrons. The number of esters is 1. The Morgan fingerprint density at radius 3 is 2.68 bits per heavy atom. The van der Waals surface area contributed by atoms with E-state index in [1.807, 2.05) is 13.8 Å². The molecule has 0 bridgehead atoms. The van der Waals surface area contributed by atoms with Crippen LogP contribution in [0.4, 0.5) is 14.5 Å². The van der Waals surface area contributed by atoms with Gasteiger partial charge in [-0.3, -0.25) is 9.48 Å². The summed E-state index contributed by atoms with van der Waals surface area (Å²) in [6, 6.07) is 2.90. The largest absolute Gasteiger partial charge is 0.452 e. The third-order valence-corrected chi connectivity index (χ3v) is 3.98. The molecule has 1 aromatic heterocycles. The van der Waals surface area contributed by atoms with Crippen molar-refractivity contribution in [2.24, 2.45) is 5.92 Å². The second-order valence-corrected chi connectivity index (χ2v) is 6.84. The summed E-state index contributed by atoms with van der Waals surface area (Å²) in [7, 11) is 0. The molecule has 28 heavy (non-hydrogen) atoms. The first-order chi connectivity index (χ1) is 13.2. The minimum absolute atomic E-state index is 0.0514. The van der Waals surface area contributed by atoms with Gasteiger partial charge in [0.1, 0.15) is 5.15 Å². The highest BCUT2D eigenvalue weighted by atomic mass is 35.5. The van der Waals surface area contributed by atoms with Crippen molar-refractivity contribution in [2.45, 2.75) is 27.3 Å². The summed E-state index contributed by atoms with van der Waals surface area (Å²) in [6.45, 7) is 5.89. The van der Waals surface area contributed by atoms with Crippen LogP contribution >= 0.6 is 11.6 Å². The van der Waals surface area contributed by atoms with E-state index in [4.69, 9.17) is 16.3 Å². The summed E-state index contributed by atoms with van der Waals surface area (Å²) in [5.74, 6) is -3.21. The van der Waals surface area contributed by atoms with Crippen LogP contribution in [0.1, 0.15) is 25.1 Å². The number of hydrogen-bond acceptors (Lipinski definition) is 4. The first-order valence-electron chi connectivity index (χ1n) is 8.50. The maximum absolute atomic E-state index is 13.1. The van der Waals surface area contributed by atoms with Crippen LogP contribution in [0, 0.1) is 24.5 Å².